The molecule has 0 radical (unpaired) electrons. The molecule has 0 unspecified atom stereocenters. The Hall–Kier alpha value is -0.950. The van der Waals surface area contributed by atoms with Gasteiger partial charge in [-0.15, -0.1) is 10.2 Å². The first-order valence-corrected chi connectivity index (χ1v) is 7.08. The standard InChI is InChI=1S/C9H18N4O2S/c1-3-5-6-16(14,15)11-7-9-12-10-8-13(9)4-2/h8,11H,3-7H2,1-2H3. The number of nitrogens with zero attached hydrogens (tertiary/aromatic N) is 3. The van der Waals surface area contributed by atoms with Gasteiger partial charge in [-0.1, -0.05) is 13.3 Å². The second-order valence-corrected chi connectivity index (χ2v) is 5.45. The number of rotatable bonds is 7. The van der Waals surface area contributed by atoms with Crippen LogP contribution in [0.3, 0.4) is 0 Å². The van der Waals surface area contributed by atoms with Crippen molar-refractivity contribution in [2.75, 3.05) is 5.75 Å². The highest BCUT2D eigenvalue weighted by atomic mass is 32.2. The Labute approximate surface area is 96.1 Å². The number of unbranched alkanes of at least 4 members (excludes halogenated alkanes) is 1. The lowest BCUT2D eigenvalue weighted by molar-refractivity contribution is 0.572. The highest BCUT2D eigenvalue weighted by molar-refractivity contribution is 7.89. The molecular weight excluding hydrogens is 228 g/mol. The molecule has 1 N–H and O–H groups in total. The summed E-state index contributed by atoms with van der Waals surface area (Å²) < 4.78 is 27.4. The second kappa shape index (κ2) is 5.95. The molecule has 6 nitrogen and oxygen atoms in total. The number of aromatic nitrogens is 3. The molecule has 0 aliphatic carbocycles. The molecule has 0 spiro atoms. The molecule has 1 aromatic heterocycles. The average Bonchev–Trinajstić information content (AvgIpc) is 2.71. The van der Waals surface area contributed by atoms with E-state index in [0.29, 0.717) is 12.2 Å². The van der Waals surface area contributed by atoms with E-state index in [1.54, 1.807) is 6.33 Å². The third kappa shape index (κ3) is 3.90. The van der Waals surface area contributed by atoms with Crippen LogP contribution in [0, 0.1) is 0 Å². The Morgan fingerprint density at radius 3 is 2.81 bits per heavy atom. The van der Waals surface area contributed by atoms with Crippen LogP contribution in [0.1, 0.15) is 32.5 Å². The SMILES string of the molecule is CCCCS(=O)(=O)NCc1nncn1CC. The van der Waals surface area contributed by atoms with Gasteiger partial charge in [-0.25, -0.2) is 13.1 Å². The van der Waals surface area contributed by atoms with Crippen molar-refractivity contribution in [1.82, 2.24) is 19.5 Å². The highest BCUT2D eigenvalue weighted by Crippen LogP contribution is 1.98. The fourth-order valence-electron chi connectivity index (χ4n) is 1.26. The third-order valence-electron chi connectivity index (χ3n) is 2.25. The molecular formula is C9H18N4O2S. The Balaban J connectivity index is 2.51. The molecule has 7 heteroatoms. The predicted octanol–water partition coefficient (Wildman–Crippen LogP) is 0.517. The van der Waals surface area contributed by atoms with E-state index >= 15 is 0 Å². The van der Waals surface area contributed by atoms with E-state index in [4.69, 9.17) is 0 Å². The van der Waals surface area contributed by atoms with Crippen molar-refractivity contribution in [3.05, 3.63) is 12.2 Å². The number of hydrogen-bond donors (Lipinski definition) is 1. The number of nitrogens with one attached hydrogen (secondary N) is 1. The first-order valence-electron chi connectivity index (χ1n) is 5.43. The van der Waals surface area contributed by atoms with Crippen LogP contribution in [0.2, 0.25) is 0 Å². The Morgan fingerprint density at radius 1 is 1.44 bits per heavy atom. The predicted molar refractivity (Wildman–Crippen MR) is 61.2 cm³/mol. The van der Waals surface area contributed by atoms with Crippen molar-refractivity contribution >= 4 is 10.0 Å². The molecule has 92 valence electrons. The Kier molecular flexibility index (Phi) is 4.88. The maximum Gasteiger partial charge on any atom is 0.212 e. The van der Waals surface area contributed by atoms with Gasteiger partial charge in [0.25, 0.3) is 0 Å². The summed E-state index contributed by atoms with van der Waals surface area (Å²) >= 11 is 0. The van der Waals surface area contributed by atoms with Crippen molar-refractivity contribution in [2.45, 2.75) is 39.8 Å². The number of hydrogen-bond acceptors (Lipinski definition) is 4. The molecule has 0 bridgehead atoms. The van der Waals surface area contributed by atoms with Gasteiger partial charge in [-0.2, -0.15) is 0 Å². The van der Waals surface area contributed by atoms with Gasteiger partial charge in [0.2, 0.25) is 10.0 Å². The molecule has 0 atom stereocenters. The number of sulfonamides is 1. The summed E-state index contributed by atoms with van der Waals surface area (Å²) in [6.45, 7) is 4.86. The van der Waals surface area contributed by atoms with Gasteiger partial charge < -0.3 is 4.57 Å². The fraction of sp³-hybridized carbons (Fsp3) is 0.778. The lowest BCUT2D eigenvalue weighted by Gasteiger charge is -2.06. The topological polar surface area (TPSA) is 76.9 Å². The second-order valence-electron chi connectivity index (χ2n) is 3.53. The van der Waals surface area contributed by atoms with Crippen LogP contribution in [0.25, 0.3) is 0 Å². The zero-order chi connectivity index (χ0) is 12.0. The maximum absolute atomic E-state index is 11.5. The van der Waals surface area contributed by atoms with Crippen LogP contribution in [-0.2, 0) is 23.1 Å². The summed E-state index contributed by atoms with van der Waals surface area (Å²) in [5.74, 6) is 0.812. The monoisotopic (exact) mass is 246 g/mol. The van der Waals surface area contributed by atoms with Crippen LogP contribution in [-0.4, -0.2) is 28.9 Å². The highest BCUT2D eigenvalue weighted by Gasteiger charge is 2.11. The van der Waals surface area contributed by atoms with E-state index in [0.717, 1.165) is 13.0 Å². The minimum absolute atomic E-state index is 0.170. The smallest absolute Gasteiger partial charge is 0.212 e. The van der Waals surface area contributed by atoms with E-state index < -0.39 is 10.0 Å². The largest absolute Gasteiger partial charge is 0.317 e. The molecule has 0 amide bonds. The molecule has 0 aliphatic rings. The van der Waals surface area contributed by atoms with Crippen LogP contribution in [0.15, 0.2) is 6.33 Å². The summed E-state index contributed by atoms with van der Waals surface area (Å²) in [6, 6.07) is 0. The summed E-state index contributed by atoms with van der Waals surface area (Å²) in [5.41, 5.74) is 0. The molecule has 1 heterocycles. The van der Waals surface area contributed by atoms with Gasteiger partial charge in [0, 0.05) is 6.54 Å². The molecule has 0 saturated carbocycles. The lowest BCUT2D eigenvalue weighted by Crippen LogP contribution is -2.27. The van der Waals surface area contributed by atoms with E-state index in [-0.39, 0.29) is 12.3 Å². The van der Waals surface area contributed by atoms with E-state index in [9.17, 15) is 8.42 Å². The normalized spacial score (nSPS) is 11.9. The maximum atomic E-state index is 11.5. The van der Waals surface area contributed by atoms with Crippen molar-refractivity contribution in [3.63, 3.8) is 0 Å². The van der Waals surface area contributed by atoms with Crippen LogP contribution >= 0.6 is 0 Å². The Bertz CT molecular complexity index is 413. The summed E-state index contributed by atoms with van der Waals surface area (Å²) in [6.07, 6.45) is 3.14. The van der Waals surface area contributed by atoms with Gasteiger partial charge in [0.05, 0.1) is 12.3 Å². The molecule has 0 saturated heterocycles. The van der Waals surface area contributed by atoms with Crippen molar-refractivity contribution < 1.29 is 8.42 Å². The van der Waals surface area contributed by atoms with Gasteiger partial charge in [-0.05, 0) is 13.3 Å². The average molecular weight is 246 g/mol. The molecule has 0 fully saturated rings. The molecule has 16 heavy (non-hydrogen) atoms. The molecule has 0 aliphatic heterocycles. The van der Waals surface area contributed by atoms with Crippen molar-refractivity contribution in [1.29, 1.82) is 0 Å². The fourth-order valence-corrected chi connectivity index (χ4v) is 2.42. The Morgan fingerprint density at radius 2 is 2.19 bits per heavy atom. The summed E-state index contributed by atoms with van der Waals surface area (Å²) in [5, 5.41) is 7.59. The van der Waals surface area contributed by atoms with Gasteiger partial charge in [0.15, 0.2) is 0 Å². The first kappa shape index (κ1) is 13.1. The van der Waals surface area contributed by atoms with Crippen LogP contribution < -0.4 is 4.72 Å². The first-order chi connectivity index (χ1) is 7.59. The molecule has 1 rings (SSSR count). The summed E-state index contributed by atoms with van der Waals surface area (Å²) in [4.78, 5) is 0. The number of aryl methyl sites for hydroxylation is 1. The zero-order valence-electron chi connectivity index (χ0n) is 9.68. The van der Waals surface area contributed by atoms with E-state index in [2.05, 4.69) is 14.9 Å². The zero-order valence-corrected chi connectivity index (χ0v) is 10.5. The third-order valence-corrected chi connectivity index (χ3v) is 3.66. The minimum Gasteiger partial charge on any atom is -0.317 e. The molecule has 1 aromatic rings. The lowest BCUT2D eigenvalue weighted by atomic mass is 10.4. The van der Waals surface area contributed by atoms with Crippen molar-refractivity contribution in [3.8, 4) is 0 Å². The minimum atomic E-state index is -3.18. The summed E-state index contributed by atoms with van der Waals surface area (Å²) in [7, 11) is -3.18. The van der Waals surface area contributed by atoms with Crippen LogP contribution in [0.4, 0.5) is 0 Å². The van der Waals surface area contributed by atoms with Gasteiger partial charge >= 0.3 is 0 Å². The van der Waals surface area contributed by atoms with Gasteiger partial charge in [-0.3, -0.25) is 0 Å². The van der Waals surface area contributed by atoms with Gasteiger partial charge in [0.1, 0.15) is 12.2 Å². The van der Waals surface area contributed by atoms with Crippen LogP contribution in [0.5, 0.6) is 0 Å². The van der Waals surface area contributed by atoms with E-state index in [1.807, 2.05) is 18.4 Å². The quantitative estimate of drug-likeness (QED) is 0.760. The van der Waals surface area contributed by atoms with Crippen molar-refractivity contribution in [2.24, 2.45) is 0 Å². The van der Waals surface area contributed by atoms with E-state index in [1.165, 1.54) is 0 Å². The molecule has 0 aromatic carbocycles.